The van der Waals surface area contributed by atoms with Crippen LogP contribution in [0, 0.1) is 0 Å². The summed E-state index contributed by atoms with van der Waals surface area (Å²) in [4.78, 5) is 0. The minimum Gasteiger partial charge on any atom is -0.461 e. The Hall–Kier alpha value is 0.828. The van der Waals surface area contributed by atoms with Crippen molar-refractivity contribution in [3.05, 3.63) is 0 Å². The third kappa shape index (κ3) is 8.74. The van der Waals surface area contributed by atoms with E-state index in [0.29, 0.717) is 0 Å². The molecule has 0 N–H and O–H groups in total. The van der Waals surface area contributed by atoms with Crippen molar-refractivity contribution in [3.8, 4) is 0 Å². The second kappa shape index (κ2) is 5.47. The van der Waals surface area contributed by atoms with E-state index in [1.54, 1.807) is 0 Å². The smallest absolute Gasteiger partial charge is 0.169 e. The van der Waals surface area contributed by atoms with Gasteiger partial charge in [0.25, 0.3) is 0 Å². The summed E-state index contributed by atoms with van der Waals surface area (Å²) in [6.07, 6.45) is 0. The van der Waals surface area contributed by atoms with E-state index in [2.05, 4.69) is 26.2 Å². The van der Waals surface area contributed by atoms with Crippen molar-refractivity contribution in [3.63, 3.8) is 0 Å². The van der Waals surface area contributed by atoms with Crippen LogP contribution in [0.4, 0.5) is 0 Å². The number of rotatable bonds is 5. The first-order valence-electron chi connectivity index (χ1n) is 4.37. The Morgan fingerprint density at radius 3 is 2.36 bits per heavy atom. The van der Waals surface area contributed by atoms with Gasteiger partial charge >= 0.3 is 0 Å². The van der Waals surface area contributed by atoms with E-state index < -0.39 is 16.9 Å². The first-order chi connectivity index (χ1) is 4.95. The Balaban J connectivity index is 3.44. The minimum atomic E-state index is -1.19. The van der Waals surface area contributed by atoms with Gasteiger partial charge < -0.3 is 4.12 Å². The molecular weight excluding hydrogens is 200 g/mol. The SMILES string of the molecule is C[SiH](O[Si](C)(C)C)[Si]CC[SiH3]. The topological polar surface area (TPSA) is 9.23 Å². The van der Waals surface area contributed by atoms with Crippen LogP contribution in [0.25, 0.3) is 0 Å². The average molecular weight is 221 g/mol. The van der Waals surface area contributed by atoms with Crippen LogP contribution >= 0.6 is 0 Å². The van der Waals surface area contributed by atoms with E-state index in [9.17, 15) is 0 Å². The Bertz CT molecular complexity index is 101. The van der Waals surface area contributed by atoms with Gasteiger partial charge in [0.2, 0.25) is 0 Å². The minimum absolute atomic E-state index is 0.733. The van der Waals surface area contributed by atoms with Gasteiger partial charge in [-0.05, 0) is 19.6 Å². The summed E-state index contributed by atoms with van der Waals surface area (Å²) in [5.41, 5.74) is 0. The molecule has 1 nitrogen and oxygen atoms in total. The van der Waals surface area contributed by atoms with Crippen molar-refractivity contribution in [2.24, 2.45) is 0 Å². The zero-order chi connectivity index (χ0) is 8.91. The maximum absolute atomic E-state index is 6.05. The molecule has 0 fully saturated rings. The van der Waals surface area contributed by atoms with Gasteiger partial charge in [0.05, 0.1) is 9.04 Å². The largest absolute Gasteiger partial charge is 0.461 e. The highest BCUT2D eigenvalue weighted by Gasteiger charge is 2.18. The van der Waals surface area contributed by atoms with Crippen LogP contribution in [0.1, 0.15) is 0 Å². The van der Waals surface area contributed by atoms with Crippen LogP contribution < -0.4 is 0 Å². The molecule has 0 saturated heterocycles. The Kier molecular flexibility index (Phi) is 5.88. The van der Waals surface area contributed by atoms with Crippen molar-refractivity contribution in [2.75, 3.05) is 0 Å². The molecule has 0 amide bonds. The van der Waals surface area contributed by atoms with Gasteiger partial charge in [-0.2, -0.15) is 0 Å². The highest BCUT2D eigenvalue weighted by Crippen LogP contribution is 2.05. The zero-order valence-electron chi connectivity index (χ0n) is 8.40. The van der Waals surface area contributed by atoms with Gasteiger partial charge in [-0.1, -0.05) is 18.6 Å². The molecule has 0 bridgehead atoms. The van der Waals surface area contributed by atoms with Crippen molar-refractivity contribution in [1.82, 2.24) is 0 Å². The summed E-state index contributed by atoms with van der Waals surface area (Å²) in [6, 6.07) is 2.91. The number of hydrogen-bond donors (Lipinski definition) is 0. The summed E-state index contributed by atoms with van der Waals surface area (Å²) in [7, 11) is 0.614. The molecule has 2 radical (unpaired) electrons. The first-order valence-corrected chi connectivity index (χ1v) is 13.8. The van der Waals surface area contributed by atoms with Gasteiger partial charge in [0, 0.05) is 10.2 Å². The lowest BCUT2D eigenvalue weighted by atomic mass is 11.0. The summed E-state index contributed by atoms with van der Waals surface area (Å²) in [5, 5.41) is 0. The third-order valence-electron chi connectivity index (χ3n) is 1.21. The molecule has 0 aliphatic carbocycles. The highest BCUT2D eigenvalue weighted by atomic mass is 29.2. The maximum Gasteiger partial charge on any atom is 0.169 e. The maximum atomic E-state index is 6.05. The standard InChI is InChI=1S/C6H20OSi4/c1-10(9-6-5-8)7-11(2,3)4/h10H,5-6H2,1-4,8H3. The molecule has 0 saturated carbocycles. The van der Waals surface area contributed by atoms with Crippen LogP contribution in [-0.2, 0) is 4.12 Å². The molecule has 0 aromatic carbocycles. The molecule has 0 aromatic rings. The molecule has 0 rings (SSSR count). The third-order valence-corrected chi connectivity index (χ3v) is 12.0. The normalized spacial score (nSPS) is 15.3. The molecule has 1 unspecified atom stereocenters. The highest BCUT2D eigenvalue weighted by molar-refractivity contribution is 7.11. The van der Waals surface area contributed by atoms with Crippen LogP contribution in [0.3, 0.4) is 0 Å². The Labute approximate surface area is 78.8 Å². The number of hydrogen-bond acceptors (Lipinski definition) is 1. The Morgan fingerprint density at radius 2 is 2.00 bits per heavy atom. The van der Waals surface area contributed by atoms with Gasteiger partial charge in [-0.3, -0.25) is 0 Å². The fourth-order valence-corrected chi connectivity index (χ4v) is 14.8. The fraction of sp³-hybridized carbons (Fsp3) is 1.00. The molecule has 11 heavy (non-hydrogen) atoms. The van der Waals surface area contributed by atoms with E-state index in [0.717, 1.165) is 0 Å². The van der Waals surface area contributed by atoms with E-state index >= 15 is 0 Å². The van der Waals surface area contributed by atoms with Crippen LogP contribution in [0.2, 0.25) is 38.3 Å². The van der Waals surface area contributed by atoms with Crippen molar-refractivity contribution in [1.29, 1.82) is 0 Å². The van der Waals surface area contributed by atoms with Gasteiger partial charge in [0.15, 0.2) is 8.32 Å². The van der Waals surface area contributed by atoms with E-state index in [1.807, 2.05) is 0 Å². The summed E-state index contributed by atoms with van der Waals surface area (Å²) in [6.45, 7) is 9.24. The first kappa shape index (κ1) is 11.8. The zero-order valence-corrected chi connectivity index (χ0v) is 13.6. The molecule has 0 aromatic heterocycles. The van der Waals surface area contributed by atoms with Crippen LogP contribution in [-0.4, -0.2) is 36.2 Å². The lowest BCUT2D eigenvalue weighted by Crippen LogP contribution is -2.36. The predicted molar refractivity (Wildman–Crippen MR) is 62.8 cm³/mol. The quantitative estimate of drug-likeness (QED) is 0.617. The molecule has 0 heterocycles. The van der Waals surface area contributed by atoms with Gasteiger partial charge in [-0.25, -0.2) is 0 Å². The molecule has 0 aliphatic rings. The van der Waals surface area contributed by atoms with Crippen molar-refractivity contribution >= 4 is 36.2 Å². The molecule has 0 spiro atoms. The fourth-order valence-electron chi connectivity index (χ4n) is 0.920. The second-order valence-corrected chi connectivity index (χ2v) is 15.9. The molecule has 5 heteroatoms. The van der Waals surface area contributed by atoms with Crippen molar-refractivity contribution < 1.29 is 4.12 Å². The second-order valence-electron chi connectivity index (χ2n) is 3.83. The van der Waals surface area contributed by atoms with E-state index in [1.165, 1.54) is 31.4 Å². The lowest BCUT2D eigenvalue weighted by Gasteiger charge is -2.22. The predicted octanol–water partition coefficient (Wildman–Crippen LogP) is 0.594. The van der Waals surface area contributed by atoms with Crippen LogP contribution in [0.15, 0.2) is 0 Å². The molecule has 0 aliphatic heterocycles. The van der Waals surface area contributed by atoms with E-state index in [4.69, 9.17) is 4.12 Å². The monoisotopic (exact) mass is 220 g/mol. The van der Waals surface area contributed by atoms with Gasteiger partial charge in [-0.15, -0.1) is 0 Å². The van der Waals surface area contributed by atoms with Crippen LogP contribution in [0.5, 0.6) is 0 Å². The lowest BCUT2D eigenvalue weighted by molar-refractivity contribution is 0.594. The molecule has 1 atom stereocenters. The molecule has 66 valence electrons. The summed E-state index contributed by atoms with van der Waals surface area (Å²) in [5.74, 6) is 0. The van der Waals surface area contributed by atoms with Crippen molar-refractivity contribution in [2.45, 2.75) is 38.3 Å². The van der Waals surface area contributed by atoms with Gasteiger partial charge in [0.1, 0.15) is 8.56 Å². The summed E-state index contributed by atoms with van der Waals surface area (Å²) >= 11 is 0. The summed E-state index contributed by atoms with van der Waals surface area (Å²) < 4.78 is 6.05. The van der Waals surface area contributed by atoms with E-state index in [-0.39, 0.29) is 0 Å². The average Bonchev–Trinajstić information content (AvgIpc) is 1.79. The molecular formula is C6H20OSi4. The Morgan fingerprint density at radius 1 is 1.45 bits per heavy atom.